The fraction of sp³-hybridized carbons (Fsp3) is 0.0345. The topological polar surface area (TPSA) is 14.2 Å². The monoisotopic (exact) mass is 765 g/mol. The molecule has 2 nitrogen and oxygen atoms in total. The Balaban J connectivity index is 1.05. The SMILES string of the molecule is C1=CCCC(n2c3cc(-c4ccc5ccccc5c4)ccc3c3ccc(-c4c5ccccc5c(Oc5ccc(-c6ccccc6)c6ccccc56)c5ccccc45)cc32)=C1. The van der Waals surface area contributed by atoms with Crippen LogP contribution in [0.5, 0.6) is 11.5 Å². The number of aromatic nitrogens is 1. The summed E-state index contributed by atoms with van der Waals surface area (Å²) in [6.07, 6.45) is 8.79. The molecule has 10 aromatic carbocycles. The smallest absolute Gasteiger partial charge is 0.143 e. The Bertz CT molecular complexity index is 3510. The Morgan fingerprint density at radius 1 is 0.400 bits per heavy atom. The van der Waals surface area contributed by atoms with Crippen molar-refractivity contribution in [3.63, 3.8) is 0 Å². The molecule has 282 valence electrons. The molecule has 0 aliphatic heterocycles. The third kappa shape index (κ3) is 5.56. The molecule has 2 heteroatoms. The van der Waals surface area contributed by atoms with Crippen molar-refractivity contribution in [3.8, 4) is 44.9 Å². The summed E-state index contributed by atoms with van der Waals surface area (Å²) < 4.78 is 9.68. The molecule has 1 aliphatic rings. The van der Waals surface area contributed by atoms with E-state index in [-0.39, 0.29) is 0 Å². The van der Waals surface area contributed by atoms with E-state index in [9.17, 15) is 0 Å². The number of benzene rings is 10. The molecule has 0 N–H and O–H groups in total. The molecule has 0 spiro atoms. The van der Waals surface area contributed by atoms with Crippen molar-refractivity contribution >= 4 is 70.6 Å². The van der Waals surface area contributed by atoms with Crippen LogP contribution < -0.4 is 4.74 Å². The van der Waals surface area contributed by atoms with E-state index in [1.54, 1.807) is 0 Å². The Hall–Kier alpha value is -7.68. The van der Waals surface area contributed by atoms with Gasteiger partial charge in [-0.3, -0.25) is 0 Å². The second-order valence-corrected chi connectivity index (χ2v) is 15.9. The fourth-order valence-electron chi connectivity index (χ4n) is 9.66. The first-order valence-corrected chi connectivity index (χ1v) is 20.9. The first kappa shape index (κ1) is 34.4. The minimum atomic E-state index is 0.845. The van der Waals surface area contributed by atoms with Crippen LogP contribution in [-0.4, -0.2) is 4.57 Å². The minimum Gasteiger partial charge on any atom is -0.455 e. The predicted molar refractivity (Wildman–Crippen MR) is 255 cm³/mol. The van der Waals surface area contributed by atoms with Gasteiger partial charge in [-0.2, -0.15) is 0 Å². The molecule has 0 radical (unpaired) electrons. The van der Waals surface area contributed by atoms with E-state index < -0.39 is 0 Å². The van der Waals surface area contributed by atoms with Crippen LogP contribution in [0.1, 0.15) is 12.8 Å². The average Bonchev–Trinajstić information content (AvgIpc) is 3.65. The molecule has 0 saturated carbocycles. The standard InChI is InChI=1S/C58H39NO/c1-3-16-39(17-4-1)45-33-34-56(49-22-10-9-21-46(45)49)60-58-52-25-13-11-23-50(52)57(51-24-12-14-26-53(51)58)43-30-32-48-47-31-29-42(41-28-27-38-15-7-8-18-40(38)35-41)36-54(47)59(55(48)37-43)44-19-5-2-6-20-44/h1-5,7-19,21-37H,6,20H2. The highest BCUT2D eigenvalue weighted by Crippen LogP contribution is 2.47. The lowest BCUT2D eigenvalue weighted by molar-refractivity contribution is 0.500. The van der Waals surface area contributed by atoms with Gasteiger partial charge in [-0.1, -0.05) is 182 Å². The number of fused-ring (bicyclic) bond motifs is 7. The zero-order valence-electron chi connectivity index (χ0n) is 33.0. The molecule has 0 atom stereocenters. The third-order valence-corrected chi connectivity index (χ3v) is 12.5. The van der Waals surface area contributed by atoms with Crippen molar-refractivity contribution in [2.45, 2.75) is 12.8 Å². The van der Waals surface area contributed by atoms with Gasteiger partial charge in [0.15, 0.2) is 0 Å². The first-order valence-electron chi connectivity index (χ1n) is 20.9. The molecule has 0 fully saturated rings. The second-order valence-electron chi connectivity index (χ2n) is 15.9. The van der Waals surface area contributed by atoms with Gasteiger partial charge in [0.25, 0.3) is 0 Å². The maximum Gasteiger partial charge on any atom is 0.143 e. The largest absolute Gasteiger partial charge is 0.455 e. The summed E-state index contributed by atoms with van der Waals surface area (Å²) in [5.74, 6) is 1.72. The van der Waals surface area contributed by atoms with Gasteiger partial charge < -0.3 is 9.30 Å². The Morgan fingerprint density at radius 2 is 0.983 bits per heavy atom. The molecule has 0 unspecified atom stereocenters. The summed E-state index contributed by atoms with van der Waals surface area (Å²) >= 11 is 0. The van der Waals surface area contributed by atoms with Gasteiger partial charge in [0.2, 0.25) is 0 Å². The molecule has 0 amide bonds. The van der Waals surface area contributed by atoms with Crippen LogP contribution in [0, 0.1) is 0 Å². The van der Waals surface area contributed by atoms with E-state index in [0.29, 0.717) is 0 Å². The van der Waals surface area contributed by atoms with Crippen molar-refractivity contribution in [2.24, 2.45) is 0 Å². The highest BCUT2D eigenvalue weighted by Gasteiger charge is 2.21. The van der Waals surface area contributed by atoms with Gasteiger partial charge >= 0.3 is 0 Å². The Morgan fingerprint density at radius 3 is 1.70 bits per heavy atom. The third-order valence-electron chi connectivity index (χ3n) is 12.5. The lowest BCUT2D eigenvalue weighted by atomic mass is 9.90. The highest BCUT2D eigenvalue weighted by atomic mass is 16.5. The van der Waals surface area contributed by atoms with Crippen molar-refractivity contribution in [1.29, 1.82) is 0 Å². The Labute approximate surface area is 348 Å². The summed E-state index contributed by atoms with van der Waals surface area (Å²) in [5.41, 5.74) is 11.0. The number of rotatable bonds is 6. The van der Waals surface area contributed by atoms with Crippen LogP contribution in [0.25, 0.3) is 104 Å². The van der Waals surface area contributed by atoms with E-state index in [0.717, 1.165) is 51.3 Å². The molecule has 60 heavy (non-hydrogen) atoms. The van der Waals surface area contributed by atoms with E-state index >= 15 is 0 Å². The zero-order valence-corrected chi connectivity index (χ0v) is 33.0. The molecule has 1 heterocycles. The van der Waals surface area contributed by atoms with Gasteiger partial charge in [0.05, 0.1) is 11.0 Å². The van der Waals surface area contributed by atoms with Crippen LogP contribution in [-0.2, 0) is 0 Å². The van der Waals surface area contributed by atoms with Crippen LogP contribution in [0.2, 0.25) is 0 Å². The van der Waals surface area contributed by atoms with Crippen molar-refractivity contribution in [2.75, 3.05) is 0 Å². The van der Waals surface area contributed by atoms with E-state index in [2.05, 4.69) is 217 Å². The fourth-order valence-corrected chi connectivity index (χ4v) is 9.66. The van der Waals surface area contributed by atoms with Gasteiger partial charge in [-0.25, -0.2) is 0 Å². The van der Waals surface area contributed by atoms with Crippen LogP contribution >= 0.6 is 0 Å². The lowest BCUT2D eigenvalue weighted by Gasteiger charge is -2.19. The molecule has 1 aromatic heterocycles. The minimum absolute atomic E-state index is 0.845. The molecular weight excluding hydrogens is 727 g/mol. The van der Waals surface area contributed by atoms with Crippen molar-refractivity contribution in [1.82, 2.24) is 4.57 Å². The molecule has 12 rings (SSSR count). The highest BCUT2D eigenvalue weighted by molar-refractivity contribution is 6.19. The number of nitrogens with zero attached hydrogens (tertiary/aromatic N) is 1. The van der Waals surface area contributed by atoms with E-state index in [4.69, 9.17) is 4.74 Å². The van der Waals surface area contributed by atoms with Gasteiger partial charge in [0.1, 0.15) is 11.5 Å². The molecule has 0 bridgehead atoms. The zero-order chi connectivity index (χ0) is 39.6. The summed E-state index contributed by atoms with van der Waals surface area (Å²) in [6, 6.07) is 70.5. The summed E-state index contributed by atoms with van der Waals surface area (Å²) in [7, 11) is 0. The van der Waals surface area contributed by atoms with Crippen molar-refractivity contribution < 1.29 is 4.74 Å². The van der Waals surface area contributed by atoms with E-state index in [1.807, 2.05) is 0 Å². The number of hydrogen-bond donors (Lipinski definition) is 0. The normalized spacial score (nSPS) is 12.9. The summed E-state index contributed by atoms with van der Waals surface area (Å²) in [5, 5.41) is 11.8. The first-order chi connectivity index (χ1) is 29.8. The second kappa shape index (κ2) is 14.0. The maximum absolute atomic E-state index is 7.16. The molecule has 11 aromatic rings. The quantitative estimate of drug-likeness (QED) is 0.154. The predicted octanol–water partition coefficient (Wildman–Crippen LogP) is 16.4. The number of ether oxygens (including phenoxy) is 1. The maximum atomic E-state index is 7.16. The average molecular weight is 766 g/mol. The summed E-state index contributed by atoms with van der Waals surface area (Å²) in [4.78, 5) is 0. The van der Waals surface area contributed by atoms with Gasteiger partial charge in [-0.05, 0) is 103 Å². The lowest BCUT2D eigenvalue weighted by Crippen LogP contribution is -1.99. The molecule has 0 saturated heterocycles. The summed E-state index contributed by atoms with van der Waals surface area (Å²) in [6.45, 7) is 0. The molecular formula is C58H39NO. The number of hydrogen-bond acceptors (Lipinski definition) is 1. The number of allylic oxidation sites excluding steroid dienone is 4. The van der Waals surface area contributed by atoms with Crippen LogP contribution in [0.3, 0.4) is 0 Å². The van der Waals surface area contributed by atoms with Gasteiger partial charge in [0, 0.05) is 32.6 Å². The van der Waals surface area contributed by atoms with Gasteiger partial charge in [-0.15, -0.1) is 0 Å². The Kier molecular flexibility index (Phi) is 8.02. The van der Waals surface area contributed by atoms with Crippen molar-refractivity contribution in [3.05, 3.63) is 212 Å². The van der Waals surface area contributed by atoms with E-state index in [1.165, 1.54) is 77.0 Å². The van der Waals surface area contributed by atoms with Crippen LogP contribution in [0.4, 0.5) is 0 Å². The van der Waals surface area contributed by atoms with Crippen LogP contribution in [0.15, 0.2) is 212 Å². The molecule has 1 aliphatic carbocycles.